The summed E-state index contributed by atoms with van der Waals surface area (Å²) in [5, 5.41) is 0. The number of ether oxygens (including phenoxy) is 1. The molecule has 0 aromatic rings. The smallest absolute Gasteiger partial charge is 0.0468 e. The molecule has 2 aliphatic rings. The van der Waals surface area contributed by atoms with Crippen molar-refractivity contribution in [3.8, 4) is 0 Å². The second-order valence-corrected chi connectivity index (χ2v) is 6.29. The zero-order chi connectivity index (χ0) is 13.7. The Morgan fingerprint density at radius 1 is 1.21 bits per heavy atom. The van der Waals surface area contributed by atoms with Crippen LogP contribution in [-0.2, 0) is 4.74 Å². The summed E-state index contributed by atoms with van der Waals surface area (Å²) in [4.78, 5) is 4.90. The van der Waals surface area contributed by atoms with E-state index in [4.69, 9.17) is 10.6 Å². The normalized spacial score (nSPS) is 29.5. The molecule has 2 heterocycles. The van der Waals surface area contributed by atoms with Gasteiger partial charge in [-0.2, -0.15) is 0 Å². The summed E-state index contributed by atoms with van der Waals surface area (Å²) in [6, 6.07) is 1.06. The fraction of sp³-hybridized carbons (Fsp3) is 1.00. The molecule has 19 heavy (non-hydrogen) atoms. The molecule has 0 aromatic heterocycles. The Labute approximate surface area is 117 Å². The highest BCUT2D eigenvalue weighted by molar-refractivity contribution is 4.84. The Hall–Kier alpha value is -0.200. The molecule has 0 radical (unpaired) electrons. The largest absolute Gasteiger partial charge is 0.381 e. The van der Waals surface area contributed by atoms with Gasteiger partial charge in [0.25, 0.3) is 0 Å². The predicted octanol–water partition coefficient (Wildman–Crippen LogP) is 0.271. The molecule has 112 valence electrons. The quantitative estimate of drug-likeness (QED) is 0.555. The van der Waals surface area contributed by atoms with E-state index in [2.05, 4.69) is 29.3 Å². The van der Waals surface area contributed by atoms with Crippen molar-refractivity contribution in [3.63, 3.8) is 0 Å². The van der Waals surface area contributed by atoms with Crippen molar-refractivity contribution in [1.82, 2.24) is 15.2 Å². The maximum atomic E-state index is 5.77. The van der Waals surface area contributed by atoms with Crippen LogP contribution >= 0.6 is 0 Å². The van der Waals surface area contributed by atoms with Gasteiger partial charge in [-0.3, -0.25) is 11.3 Å². The number of hydrogen-bond acceptors (Lipinski definition) is 5. The molecule has 2 saturated heterocycles. The average Bonchev–Trinajstić information content (AvgIpc) is 2.43. The highest BCUT2D eigenvalue weighted by atomic mass is 16.5. The molecule has 0 aromatic carbocycles. The Balaban J connectivity index is 1.80. The van der Waals surface area contributed by atoms with E-state index in [0.29, 0.717) is 12.1 Å². The van der Waals surface area contributed by atoms with Crippen LogP contribution in [-0.4, -0.2) is 68.8 Å². The lowest BCUT2D eigenvalue weighted by molar-refractivity contribution is 0.0555. The minimum atomic E-state index is 0.432. The predicted molar refractivity (Wildman–Crippen MR) is 77.8 cm³/mol. The van der Waals surface area contributed by atoms with Gasteiger partial charge in [0.1, 0.15) is 0 Å². The molecule has 2 fully saturated rings. The molecular formula is C14H30N4O. The van der Waals surface area contributed by atoms with Crippen LogP contribution in [0.3, 0.4) is 0 Å². The lowest BCUT2D eigenvalue weighted by atomic mass is 9.89. The molecule has 2 unspecified atom stereocenters. The van der Waals surface area contributed by atoms with E-state index >= 15 is 0 Å². The average molecular weight is 270 g/mol. The van der Waals surface area contributed by atoms with Gasteiger partial charge in [-0.05, 0) is 45.7 Å². The van der Waals surface area contributed by atoms with Gasteiger partial charge in [-0.25, -0.2) is 0 Å². The molecule has 0 amide bonds. The first-order chi connectivity index (χ1) is 9.19. The van der Waals surface area contributed by atoms with Crippen molar-refractivity contribution >= 4 is 0 Å². The third-order valence-electron chi connectivity index (χ3n) is 4.73. The lowest BCUT2D eigenvalue weighted by Crippen LogP contribution is -2.53. The maximum absolute atomic E-state index is 5.77. The van der Waals surface area contributed by atoms with Crippen molar-refractivity contribution in [3.05, 3.63) is 0 Å². The summed E-state index contributed by atoms with van der Waals surface area (Å²) in [5.41, 5.74) is 3.05. The van der Waals surface area contributed by atoms with Crippen LogP contribution in [0.2, 0.25) is 0 Å². The van der Waals surface area contributed by atoms with Crippen LogP contribution in [0.1, 0.15) is 25.7 Å². The number of nitrogens with one attached hydrogen (secondary N) is 1. The van der Waals surface area contributed by atoms with Crippen molar-refractivity contribution in [2.75, 3.05) is 46.9 Å². The van der Waals surface area contributed by atoms with E-state index in [-0.39, 0.29) is 0 Å². The third kappa shape index (κ3) is 4.68. The van der Waals surface area contributed by atoms with Crippen LogP contribution in [0.5, 0.6) is 0 Å². The zero-order valence-corrected chi connectivity index (χ0v) is 12.5. The van der Waals surface area contributed by atoms with Gasteiger partial charge in [-0.1, -0.05) is 0 Å². The summed E-state index contributed by atoms with van der Waals surface area (Å²) in [6.45, 7) is 5.34. The monoisotopic (exact) mass is 270 g/mol. The summed E-state index contributed by atoms with van der Waals surface area (Å²) >= 11 is 0. The fourth-order valence-electron chi connectivity index (χ4n) is 3.30. The Bertz CT molecular complexity index is 258. The minimum absolute atomic E-state index is 0.432. The van der Waals surface area contributed by atoms with Gasteiger partial charge >= 0.3 is 0 Å². The molecule has 2 rings (SSSR count). The Morgan fingerprint density at radius 2 is 1.95 bits per heavy atom. The number of hydrogen-bond donors (Lipinski definition) is 2. The first-order valence-corrected chi connectivity index (χ1v) is 7.61. The van der Waals surface area contributed by atoms with E-state index in [1.807, 2.05) is 0 Å². The zero-order valence-electron chi connectivity index (χ0n) is 12.5. The molecule has 0 saturated carbocycles. The van der Waals surface area contributed by atoms with E-state index in [1.54, 1.807) is 0 Å². The van der Waals surface area contributed by atoms with E-state index in [1.165, 1.54) is 25.8 Å². The van der Waals surface area contributed by atoms with Crippen molar-refractivity contribution in [2.45, 2.75) is 37.8 Å². The maximum Gasteiger partial charge on any atom is 0.0468 e. The van der Waals surface area contributed by atoms with Gasteiger partial charge in [0, 0.05) is 44.9 Å². The molecule has 0 aliphatic carbocycles. The summed E-state index contributed by atoms with van der Waals surface area (Å²) in [6.07, 6.45) is 4.72. The van der Waals surface area contributed by atoms with Crippen molar-refractivity contribution < 1.29 is 4.74 Å². The van der Waals surface area contributed by atoms with Gasteiger partial charge in [0.2, 0.25) is 0 Å². The Kier molecular flexibility index (Phi) is 6.04. The fourth-order valence-corrected chi connectivity index (χ4v) is 3.30. The van der Waals surface area contributed by atoms with Gasteiger partial charge in [0.15, 0.2) is 0 Å². The molecule has 3 N–H and O–H groups in total. The highest BCUT2D eigenvalue weighted by Crippen LogP contribution is 2.23. The first-order valence-electron chi connectivity index (χ1n) is 7.61. The Morgan fingerprint density at radius 3 is 2.63 bits per heavy atom. The molecule has 2 atom stereocenters. The second kappa shape index (κ2) is 7.55. The van der Waals surface area contributed by atoms with E-state index < -0.39 is 0 Å². The van der Waals surface area contributed by atoms with Crippen LogP contribution in [0, 0.1) is 5.92 Å². The molecule has 0 spiro atoms. The molecule has 0 bridgehead atoms. The standard InChI is InChI=1S/C14H30N4O/c1-17-5-6-18(2)14(11-17)10-13(16-15)9-12-3-7-19-8-4-12/h12-14,16H,3-11,15H2,1-2H3. The molecule has 5 nitrogen and oxygen atoms in total. The molecular weight excluding hydrogens is 240 g/mol. The number of piperazine rings is 1. The van der Waals surface area contributed by atoms with Crippen LogP contribution in [0.4, 0.5) is 0 Å². The van der Waals surface area contributed by atoms with Crippen molar-refractivity contribution in [1.29, 1.82) is 0 Å². The highest BCUT2D eigenvalue weighted by Gasteiger charge is 2.26. The van der Waals surface area contributed by atoms with Gasteiger partial charge < -0.3 is 14.5 Å². The van der Waals surface area contributed by atoms with Crippen molar-refractivity contribution in [2.24, 2.45) is 11.8 Å². The van der Waals surface area contributed by atoms with Crippen LogP contribution in [0.25, 0.3) is 0 Å². The number of nitrogens with zero attached hydrogens (tertiary/aromatic N) is 2. The topological polar surface area (TPSA) is 53.8 Å². The van der Waals surface area contributed by atoms with Crippen LogP contribution < -0.4 is 11.3 Å². The summed E-state index contributed by atoms with van der Waals surface area (Å²) in [5.74, 6) is 6.55. The summed E-state index contributed by atoms with van der Waals surface area (Å²) < 4.78 is 5.43. The second-order valence-electron chi connectivity index (χ2n) is 6.29. The van der Waals surface area contributed by atoms with E-state index in [9.17, 15) is 0 Å². The minimum Gasteiger partial charge on any atom is -0.381 e. The summed E-state index contributed by atoms with van der Waals surface area (Å²) in [7, 11) is 4.45. The number of likely N-dealkylation sites (N-methyl/N-ethyl adjacent to an activating group) is 2. The number of nitrogens with two attached hydrogens (primary N) is 1. The SMILES string of the molecule is CN1CCN(C)C(CC(CC2CCOCC2)NN)C1. The molecule has 2 aliphatic heterocycles. The van der Waals surface area contributed by atoms with Crippen LogP contribution in [0.15, 0.2) is 0 Å². The third-order valence-corrected chi connectivity index (χ3v) is 4.73. The molecule has 5 heteroatoms. The van der Waals surface area contributed by atoms with E-state index in [0.717, 1.165) is 38.6 Å². The van der Waals surface area contributed by atoms with Gasteiger partial charge in [-0.15, -0.1) is 0 Å². The van der Waals surface area contributed by atoms with Gasteiger partial charge in [0.05, 0.1) is 0 Å². The number of rotatable bonds is 5. The number of hydrazine groups is 1. The lowest BCUT2D eigenvalue weighted by Gasteiger charge is -2.39. The first kappa shape index (κ1) is 15.2.